The smallest absolute Gasteiger partial charge is 0.417 e. The minimum absolute atomic E-state index is 0.131. The minimum Gasteiger partial charge on any atom is -0.459 e. The number of carbonyl (C=O) groups is 1. The maximum atomic E-state index is 12.5. The molecule has 25 heavy (non-hydrogen) atoms. The molecule has 0 saturated heterocycles. The number of hydrogen-bond acceptors (Lipinski definition) is 5. The van der Waals surface area contributed by atoms with Gasteiger partial charge in [0.15, 0.2) is 5.75 Å². The fraction of sp³-hybridized carbons (Fsp3) is 0.294. The molecular weight excluding hydrogens is 339 g/mol. The summed E-state index contributed by atoms with van der Waals surface area (Å²) >= 11 is 0. The number of para-hydroxylation sites is 1. The maximum absolute atomic E-state index is 12.5. The second-order valence-electron chi connectivity index (χ2n) is 5.34. The third-order valence-electron chi connectivity index (χ3n) is 3.46. The monoisotopic (exact) mass is 355 g/mol. The van der Waals surface area contributed by atoms with Crippen LogP contribution in [-0.2, 0) is 15.9 Å². The van der Waals surface area contributed by atoms with Crippen LogP contribution in [-0.4, -0.2) is 16.6 Å². The molecular formula is C17H16F3NO4. The number of rotatable bonds is 6. The number of alkyl halides is 3. The van der Waals surface area contributed by atoms with Crippen molar-refractivity contribution in [2.24, 2.45) is 0 Å². The summed E-state index contributed by atoms with van der Waals surface area (Å²) in [7, 11) is 0. The van der Waals surface area contributed by atoms with E-state index in [-0.39, 0.29) is 12.3 Å². The average Bonchev–Trinajstić information content (AvgIpc) is 2.60. The van der Waals surface area contributed by atoms with Gasteiger partial charge in [-0.1, -0.05) is 25.1 Å². The Kier molecular flexibility index (Phi) is 5.51. The first-order chi connectivity index (χ1) is 11.7. The Balaban J connectivity index is 2.04. The molecule has 2 rings (SSSR count). The molecule has 1 heterocycles. The molecule has 0 aliphatic heterocycles. The average molecular weight is 355 g/mol. The zero-order chi connectivity index (χ0) is 18.5. The Morgan fingerprint density at radius 3 is 2.32 bits per heavy atom. The molecule has 2 aromatic rings. The number of hydrogen-bond donors (Lipinski definition) is 0. The van der Waals surface area contributed by atoms with E-state index in [0.29, 0.717) is 11.9 Å². The predicted octanol–water partition coefficient (Wildman–Crippen LogP) is 4.19. The fourth-order valence-electron chi connectivity index (χ4n) is 1.75. The Morgan fingerprint density at radius 1 is 1.12 bits per heavy atom. The lowest BCUT2D eigenvalue weighted by Gasteiger charge is -2.25. The Hall–Kier alpha value is -2.77. The van der Waals surface area contributed by atoms with Crippen molar-refractivity contribution in [2.75, 3.05) is 0 Å². The standard InChI is InChI=1S/C17H16F3NO4/c1-3-16(2,15(22)25-24-13-7-5-4-6-8-13)23-14-10-9-12(11-21-14)17(18,19)20/h4-11H,3H2,1-2H3. The van der Waals surface area contributed by atoms with Crippen LogP contribution in [0.2, 0.25) is 0 Å². The lowest BCUT2D eigenvalue weighted by atomic mass is 10.0. The van der Waals surface area contributed by atoms with E-state index in [9.17, 15) is 18.0 Å². The molecule has 0 spiro atoms. The summed E-state index contributed by atoms with van der Waals surface area (Å²) in [6, 6.07) is 10.2. The van der Waals surface area contributed by atoms with Crippen molar-refractivity contribution in [1.82, 2.24) is 4.98 Å². The van der Waals surface area contributed by atoms with Crippen LogP contribution in [0.3, 0.4) is 0 Å². The zero-order valence-corrected chi connectivity index (χ0v) is 13.5. The van der Waals surface area contributed by atoms with Gasteiger partial charge in [-0.25, -0.2) is 14.7 Å². The lowest BCUT2D eigenvalue weighted by molar-refractivity contribution is -0.229. The SMILES string of the molecule is CCC(C)(Oc1ccc(C(F)(F)F)cn1)C(=O)OOc1ccccc1. The summed E-state index contributed by atoms with van der Waals surface area (Å²) in [5.74, 6) is -0.642. The highest BCUT2D eigenvalue weighted by Gasteiger charge is 2.38. The van der Waals surface area contributed by atoms with E-state index in [1.54, 1.807) is 37.3 Å². The Morgan fingerprint density at radius 2 is 1.80 bits per heavy atom. The van der Waals surface area contributed by atoms with Gasteiger partial charge in [0.2, 0.25) is 11.5 Å². The number of halogens is 3. The van der Waals surface area contributed by atoms with Crippen LogP contribution in [0.1, 0.15) is 25.8 Å². The van der Waals surface area contributed by atoms with E-state index in [1.165, 1.54) is 6.92 Å². The number of carbonyl (C=O) groups excluding carboxylic acids is 1. The largest absolute Gasteiger partial charge is 0.459 e. The van der Waals surface area contributed by atoms with Crippen molar-refractivity contribution < 1.29 is 32.5 Å². The molecule has 0 aliphatic rings. The second kappa shape index (κ2) is 7.42. The Labute approximate surface area is 142 Å². The first-order valence-corrected chi connectivity index (χ1v) is 7.41. The lowest BCUT2D eigenvalue weighted by Crippen LogP contribution is -2.43. The molecule has 1 aromatic carbocycles. The molecule has 134 valence electrons. The highest BCUT2D eigenvalue weighted by molar-refractivity contribution is 5.79. The Bertz CT molecular complexity index is 704. The number of nitrogens with zero attached hydrogens (tertiary/aromatic N) is 1. The van der Waals surface area contributed by atoms with Gasteiger partial charge in [0, 0.05) is 12.3 Å². The third-order valence-corrected chi connectivity index (χ3v) is 3.46. The molecule has 5 nitrogen and oxygen atoms in total. The molecule has 1 unspecified atom stereocenters. The van der Waals surface area contributed by atoms with Gasteiger partial charge in [-0.15, -0.1) is 0 Å². The summed E-state index contributed by atoms with van der Waals surface area (Å²) in [5.41, 5.74) is -2.38. The predicted molar refractivity (Wildman–Crippen MR) is 81.7 cm³/mol. The third kappa shape index (κ3) is 4.85. The fourth-order valence-corrected chi connectivity index (χ4v) is 1.75. The highest BCUT2D eigenvalue weighted by atomic mass is 19.4. The first-order valence-electron chi connectivity index (χ1n) is 7.41. The summed E-state index contributed by atoms with van der Waals surface area (Å²) in [6.45, 7) is 3.09. The van der Waals surface area contributed by atoms with E-state index in [4.69, 9.17) is 14.5 Å². The van der Waals surface area contributed by atoms with Crippen LogP contribution < -0.4 is 9.62 Å². The van der Waals surface area contributed by atoms with Crippen molar-refractivity contribution in [3.63, 3.8) is 0 Å². The first kappa shape index (κ1) is 18.6. The van der Waals surface area contributed by atoms with E-state index in [2.05, 4.69) is 4.98 Å². The quantitative estimate of drug-likeness (QED) is 0.575. The van der Waals surface area contributed by atoms with E-state index < -0.39 is 23.3 Å². The van der Waals surface area contributed by atoms with Crippen LogP contribution in [0.25, 0.3) is 0 Å². The number of aromatic nitrogens is 1. The molecule has 0 bridgehead atoms. The number of pyridine rings is 1. The summed E-state index contributed by atoms with van der Waals surface area (Å²) in [6.07, 6.45) is -3.67. The molecule has 0 radical (unpaired) electrons. The maximum Gasteiger partial charge on any atom is 0.417 e. The van der Waals surface area contributed by atoms with Gasteiger partial charge in [-0.3, -0.25) is 4.89 Å². The van der Waals surface area contributed by atoms with Crippen molar-refractivity contribution in [3.8, 4) is 11.6 Å². The van der Waals surface area contributed by atoms with Crippen LogP contribution in [0, 0.1) is 0 Å². The van der Waals surface area contributed by atoms with E-state index in [0.717, 1.165) is 12.1 Å². The summed E-state index contributed by atoms with van der Waals surface area (Å²) < 4.78 is 43.1. The van der Waals surface area contributed by atoms with Gasteiger partial charge in [-0.2, -0.15) is 13.2 Å². The van der Waals surface area contributed by atoms with Gasteiger partial charge in [0.05, 0.1) is 5.56 Å². The van der Waals surface area contributed by atoms with E-state index in [1.807, 2.05) is 0 Å². The van der Waals surface area contributed by atoms with Crippen molar-refractivity contribution >= 4 is 5.97 Å². The van der Waals surface area contributed by atoms with Crippen LogP contribution >= 0.6 is 0 Å². The highest BCUT2D eigenvalue weighted by Crippen LogP contribution is 2.30. The number of ether oxygens (including phenoxy) is 1. The van der Waals surface area contributed by atoms with E-state index >= 15 is 0 Å². The van der Waals surface area contributed by atoms with Gasteiger partial charge in [0.1, 0.15) is 0 Å². The molecule has 0 amide bonds. The molecule has 0 aliphatic carbocycles. The minimum atomic E-state index is -4.50. The second-order valence-corrected chi connectivity index (χ2v) is 5.34. The van der Waals surface area contributed by atoms with Crippen molar-refractivity contribution in [2.45, 2.75) is 32.0 Å². The van der Waals surface area contributed by atoms with Crippen LogP contribution in [0.5, 0.6) is 11.6 Å². The molecule has 1 atom stereocenters. The summed E-state index contributed by atoms with van der Waals surface area (Å²) in [4.78, 5) is 25.5. The van der Waals surface area contributed by atoms with Gasteiger partial charge < -0.3 is 4.74 Å². The molecule has 0 fully saturated rings. The normalized spacial score (nSPS) is 13.6. The van der Waals surface area contributed by atoms with Crippen molar-refractivity contribution in [1.29, 1.82) is 0 Å². The molecule has 8 heteroatoms. The summed E-state index contributed by atoms with van der Waals surface area (Å²) in [5, 5.41) is 0. The molecule has 1 aromatic heterocycles. The van der Waals surface area contributed by atoms with Crippen LogP contribution in [0.4, 0.5) is 13.2 Å². The van der Waals surface area contributed by atoms with Gasteiger partial charge in [-0.05, 0) is 31.5 Å². The zero-order valence-electron chi connectivity index (χ0n) is 13.5. The van der Waals surface area contributed by atoms with Crippen molar-refractivity contribution in [3.05, 3.63) is 54.2 Å². The molecule has 0 saturated carbocycles. The van der Waals surface area contributed by atoms with Crippen LogP contribution in [0.15, 0.2) is 48.7 Å². The number of benzene rings is 1. The molecule has 0 N–H and O–H groups in total. The van der Waals surface area contributed by atoms with Gasteiger partial charge in [0.25, 0.3) is 0 Å². The van der Waals surface area contributed by atoms with Gasteiger partial charge >= 0.3 is 12.1 Å². The topological polar surface area (TPSA) is 57.7 Å².